The van der Waals surface area contributed by atoms with E-state index < -0.39 is 0 Å². The van der Waals surface area contributed by atoms with E-state index in [-0.39, 0.29) is 0 Å². The maximum atomic E-state index is 5.03. The molecule has 1 fully saturated rings. The number of benzene rings is 1. The van der Waals surface area contributed by atoms with Crippen molar-refractivity contribution in [3.63, 3.8) is 0 Å². The number of fused-ring (bicyclic) bond motifs is 1. The highest BCUT2D eigenvalue weighted by molar-refractivity contribution is 9.10. The predicted octanol–water partition coefficient (Wildman–Crippen LogP) is 4.84. The zero-order valence-electron chi connectivity index (χ0n) is 15.2. The van der Waals surface area contributed by atoms with Gasteiger partial charge in [-0.15, -0.1) is 0 Å². The second-order valence-corrected chi connectivity index (χ2v) is 7.97. The second-order valence-electron chi connectivity index (χ2n) is 7.05. The van der Waals surface area contributed by atoms with E-state index in [1.807, 2.05) is 12.3 Å². The quantitative estimate of drug-likeness (QED) is 0.617. The highest BCUT2D eigenvalue weighted by atomic mass is 79.9. The lowest BCUT2D eigenvalue weighted by atomic mass is 10.0. The minimum Gasteiger partial charge on any atom is -0.353 e. The molecule has 1 aromatic carbocycles. The molecule has 2 aromatic heterocycles. The van der Waals surface area contributed by atoms with Gasteiger partial charge in [0.05, 0.1) is 5.52 Å². The van der Waals surface area contributed by atoms with Crippen molar-refractivity contribution in [3.8, 4) is 0 Å². The van der Waals surface area contributed by atoms with Crippen LogP contribution in [-0.2, 0) is 0 Å². The third kappa shape index (κ3) is 3.40. The van der Waals surface area contributed by atoms with E-state index in [1.54, 1.807) is 0 Å². The normalized spacial score (nSPS) is 15.1. The molecule has 3 heterocycles. The minimum absolute atomic E-state index is 0.440. The number of piperazine rings is 1. The molecule has 1 aliphatic rings. The van der Waals surface area contributed by atoms with Gasteiger partial charge in [-0.3, -0.25) is 0 Å². The Bertz CT molecular complexity index is 903. The van der Waals surface area contributed by atoms with Gasteiger partial charge in [0.15, 0.2) is 0 Å². The number of nitrogens with zero attached hydrogens (tertiary/aromatic N) is 4. The van der Waals surface area contributed by atoms with Gasteiger partial charge < -0.3 is 9.80 Å². The first-order chi connectivity index (χ1) is 12.6. The Morgan fingerprint density at radius 1 is 0.962 bits per heavy atom. The molecule has 0 saturated carbocycles. The molecule has 1 aliphatic heterocycles. The number of hydrogen-bond acceptors (Lipinski definition) is 4. The van der Waals surface area contributed by atoms with Crippen LogP contribution in [0.2, 0.25) is 0 Å². The van der Waals surface area contributed by atoms with Gasteiger partial charge in [0.25, 0.3) is 0 Å². The van der Waals surface area contributed by atoms with Crippen LogP contribution in [-0.4, -0.2) is 36.1 Å². The summed E-state index contributed by atoms with van der Waals surface area (Å²) >= 11 is 3.57. The molecule has 3 aromatic rings. The van der Waals surface area contributed by atoms with Crippen LogP contribution in [0.3, 0.4) is 0 Å². The zero-order chi connectivity index (χ0) is 18.1. The van der Waals surface area contributed by atoms with E-state index in [9.17, 15) is 0 Å². The van der Waals surface area contributed by atoms with Crippen LogP contribution >= 0.6 is 15.9 Å². The minimum atomic E-state index is 0.440. The topological polar surface area (TPSA) is 32.3 Å². The summed E-state index contributed by atoms with van der Waals surface area (Å²) in [6, 6.07) is 14.7. The van der Waals surface area contributed by atoms with Gasteiger partial charge in [0.2, 0.25) is 0 Å². The summed E-state index contributed by atoms with van der Waals surface area (Å²) in [5.41, 5.74) is 2.38. The monoisotopic (exact) mass is 410 g/mol. The predicted molar refractivity (Wildman–Crippen MR) is 112 cm³/mol. The lowest BCUT2D eigenvalue weighted by Crippen LogP contribution is -2.47. The van der Waals surface area contributed by atoms with Crippen molar-refractivity contribution in [1.29, 1.82) is 0 Å². The van der Waals surface area contributed by atoms with Crippen LogP contribution < -0.4 is 9.80 Å². The summed E-state index contributed by atoms with van der Waals surface area (Å²) in [6.45, 7) is 8.35. The number of aromatic nitrogens is 2. The molecule has 0 spiro atoms. The molecule has 1 saturated heterocycles. The SMILES string of the molecule is CC(C)c1cc2cc(Br)ccc2nc1N1CCN(c2ccccn2)CC1. The lowest BCUT2D eigenvalue weighted by molar-refractivity contribution is 0.637. The average molecular weight is 411 g/mol. The molecule has 134 valence electrons. The Morgan fingerprint density at radius 2 is 1.73 bits per heavy atom. The van der Waals surface area contributed by atoms with Gasteiger partial charge >= 0.3 is 0 Å². The average Bonchev–Trinajstić information content (AvgIpc) is 2.67. The van der Waals surface area contributed by atoms with Gasteiger partial charge in [-0.1, -0.05) is 35.8 Å². The largest absolute Gasteiger partial charge is 0.353 e. The van der Waals surface area contributed by atoms with E-state index in [0.29, 0.717) is 5.92 Å². The fourth-order valence-electron chi connectivity index (χ4n) is 3.52. The Hall–Kier alpha value is -2.14. The van der Waals surface area contributed by atoms with Crippen LogP contribution in [0.1, 0.15) is 25.3 Å². The molecular formula is C21H23BrN4. The Labute approximate surface area is 163 Å². The Balaban J connectivity index is 1.62. The fourth-order valence-corrected chi connectivity index (χ4v) is 3.90. The molecular weight excluding hydrogens is 388 g/mol. The Kier molecular flexibility index (Phi) is 4.81. The van der Waals surface area contributed by atoms with E-state index >= 15 is 0 Å². The number of halogens is 1. The van der Waals surface area contributed by atoms with Gasteiger partial charge in [-0.05, 0) is 47.9 Å². The maximum Gasteiger partial charge on any atom is 0.132 e. The molecule has 4 rings (SSSR count). The van der Waals surface area contributed by atoms with Gasteiger partial charge in [-0.2, -0.15) is 0 Å². The fraction of sp³-hybridized carbons (Fsp3) is 0.333. The standard InChI is InChI=1S/C21H23BrN4/c1-15(2)18-14-16-13-17(22)6-7-19(16)24-21(18)26-11-9-25(10-12-26)20-5-3-4-8-23-20/h3-8,13-15H,9-12H2,1-2H3. The number of pyridine rings is 2. The summed E-state index contributed by atoms with van der Waals surface area (Å²) in [5.74, 6) is 2.64. The van der Waals surface area contributed by atoms with Crippen LogP contribution in [0, 0.1) is 0 Å². The molecule has 0 N–H and O–H groups in total. The molecule has 4 nitrogen and oxygen atoms in total. The third-order valence-electron chi connectivity index (χ3n) is 4.96. The van der Waals surface area contributed by atoms with Crippen LogP contribution in [0.25, 0.3) is 10.9 Å². The summed E-state index contributed by atoms with van der Waals surface area (Å²) in [4.78, 5) is 14.3. The lowest BCUT2D eigenvalue weighted by Gasteiger charge is -2.37. The number of anilines is 2. The summed E-state index contributed by atoms with van der Waals surface area (Å²) in [5, 5.41) is 1.19. The molecule has 0 amide bonds. The third-order valence-corrected chi connectivity index (χ3v) is 5.45. The molecule has 0 atom stereocenters. The summed E-state index contributed by atoms with van der Waals surface area (Å²) in [7, 11) is 0. The highest BCUT2D eigenvalue weighted by Gasteiger charge is 2.22. The van der Waals surface area contributed by atoms with Crippen molar-refractivity contribution < 1.29 is 0 Å². The Morgan fingerprint density at radius 3 is 2.42 bits per heavy atom. The van der Waals surface area contributed by atoms with Crippen LogP contribution in [0.4, 0.5) is 11.6 Å². The van der Waals surface area contributed by atoms with Crippen molar-refractivity contribution in [2.24, 2.45) is 0 Å². The van der Waals surface area contributed by atoms with Gasteiger partial charge in [0, 0.05) is 42.2 Å². The summed E-state index contributed by atoms with van der Waals surface area (Å²) in [6.07, 6.45) is 1.86. The molecule has 0 radical (unpaired) electrons. The zero-order valence-corrected chi connectivity index (χ0v) is 16.8. The van der Waals surface area contributed by atoms with Crippen LogP contribution in [0.15, 0.2) is 53.1 Å². The number of hydrogen-bond donors (Lipinski definition) is 0. The maximum absolute atomic E-state index is 5.03. The molecule has 0 aliphatic carbocycles. The molecule has 26 heavy (non-hydrogen) atoms. The highest BCUT2D eigenvalue weighted by Crippen LogP contribution is 2.31. The van der Waals surface area contributed by atoms with E-state index in [1.165, 1.54) is 10.9 Å². The first-order valence-corrected chi connectivity index (χ1v) is 9.92. The van der Waals surface area contributed by atoms with Crippen LogP contribution in [0.5, 0.6) is 0 Å². The number of rotatable bonds is 3. The van der Waals surface area contributed by atoms with Gasteiger partial charge in [0.1, 0.15) is 11.6 Å². The first-order valence-electron chi connectivity index (χ1n) is 9.13. The van der Waals surface area contributed by atoms with Crippen molar-refractivity contribution in [1.82, 2.24) is 9.97 Å². The molecule has 0 bridgehead atoms. The van der Waals surface area contributed by atoms with E-state index in [4.69, 9.17) is 4.98 Å². The smallest absolute Gasteiger partial charge is 0.132 e. The van der Waals surface area contributed by atoms with Crippen molar-refractivity contribution in [2.45, 2.75) is 19.8 Å². The van der Waals surface area contributed by atoms with Gasteiger partial charge in [-0.25, -0.2) is 9.97 Å². The molecule has 0 unspecified atom stereocenters. The second kappa shape index (κ2) is 7.23. The van der Waals surface area contributed by atoms with Crippen molar-refractivity contribution in [3.05, 3.63) is 58.7 Å². The first kappa shape index (κ1) is 17.3. The van der Waals surface area contributed by atoms with E-state index in [2.05, 4.69) is 81.0 Å². The van der Waals surface area contributed by atoms with Crippen molar-refractivity contribution in [2.75, 3.05) is 36.0 Å². The van der Waals surface area contributed by atoms with E-state index in [0.717, 1.165) is 47.8 Å². The summed E-state index contributed by atoms with van der Waals surface area (Å²) < 4.78 is 1.10. The molecule has 5 heteroatoms. The van der Waals surface area contributed by atoms with Crippen molar-refractivity contribution >= 4 is 38.5 Å².